The predicted molar refractivity (Wildman–Crippen MR) is 83.5 cm³/mol. The van der Waals surface area contributed by atoms with Gasteiger partial charge in [-0.15, -0.1) is 0 Å². The molecule has 108 valence electrons. The van der Waals surface area contributed by atoms with Gasteiger partial charge in [-0.05, 0) is 24.6 Å². The third kappa shape index (κ3) is 2.63. The molecule has 0 radical (unpaired) electrons. The van der Waals surface area contributed by atoms with Crippen LogP contribution in [0, 0.1) is 6.92 Å². The molecule has 0 N–H and O–H groups in total. The molecule has 0 bridgehead atoms. The average Bonchev–Trinajstić information content (AvgIpc) is 2.87. The molecule has 0 amide bonds. The first-order chi connectivity index (χ1) is 9.84. The molecule has 0 spiro atoms. The van der Waals surface area contributed by atoms with E-state index in [0.29, 0.717) is 22.4 Å². The lowest BCUT2D eigenvalue weighted by Gasteiger charge is -2.10. The maximum Gasteiger partial charge on any atom is 0.232 e. The molecular weight excluding hydrogens is 286 g/mol. The van der Waals surface area contributed by atoms with Crippen LogP contribution < -0.4 is 0 Å². The highest BCUT2D eigenvalue weighted by Crippen LogP contribution is 2.30. The smallest absolute Gasteiger partial charge is 0.232 e. The third-order valence-electron chi connectivity index (χ3n) is 3.24. The first-order valence-electron chi connectivity index (χ1n) is 6.76. The second-order valence-corrected chi connectivity index (χ2v) is 6.55. The fraction of sp³-hybridized carbons (Fsp3) is 0.312. The van der Waals surface area contributed by atoms with Gasteiger partial charge >= 0.3 is 0 Å². The average molecular weight is 302 g/mol. The number of aromatic nitrogens is 3. The van der Waals surface area contributed by atoms with Crippen molar-refractivity contribution in [3.63, 3.8) is 0 Å². The summed E-state index contributed by atoms with van der Waals surface area (Å²) in [5.41, 5.74) is 2.50. The number of hydrogen-bond acceptors (Lipinski definition) is 4. The van der Waals surface area contributed by atoms with Crippen LogP contribution >= 0.6 is 11.6 Å². The Bertz CT molecular complexity index is 818. The number of pyridine rings is 1. The number of benzene rings is 1. The first-order valence-corrected chi connectivity index (χ1v) is 7.14. The minimum Gasteiger partial charge on any atom is -0.338 e. The molecule has 0 aliphatic heterocycles. The van der Waals surface area contributed by atoms with Crippen molar-refractivity contribution < 1.29 is 4.52 Å². The Morgan fingerprint density at radius 3 is 2.52 bits per heavy atom. The lowest BCUT2D eigenvalue weighted by molar-refractivity contribution is 0.321. The van der Waals surface area contributed by atoms with Crippen LogP contribution in [0.2, 0.25) is 5.15 Å². The van der Waals surface area contributed by atoms with Crippen LogP contribution in [0.5, 0.6) is 0 Å². The summed E-state index contributed by atoms with van der Waals surface area (Å²) in [5.74, 6) is 1.05. The normalized spacial score (nSPS) is 12.0. The Morgan fingerprint density at radius 1 is 1.10 bits per heavy atom. The van der Waals surface area contributed by atoms with Crippen molar-refractivity contribution in [2.75, 3.05) is 0 Å². The van der Waals surface area contributed by atoms with Gasteiger partial charge in [0.05, 0.1) is 11.1 Å². The van der Waals surface area contributed by atoms with E-state index in [4.69, 9.17) is 16.1 Å². The molecule has 0 aliphatic rings. The van der Waals surface area contributed by atoms with Gasteiger partial charge in [-0.1, -0.05) is 49.7 Å². The fourth-order valence-electron chi connectivity index (χ4n) is 2.05. The highest BCUT2D eigenvalue weighted by molar-refractivity contribution is 6.32. The maximum atomic E-state index is 6.28. The summed E-state index contributed by atoms with van der Waals surface area (Å²) in [7, 11) is 0. The number of halogens is 1. The van der Waals surface area contributed by atoms with Gasteiger partial charge in [0.25, 0.3) is 0 Å². The molecule has 21 heavy (non-hydrogen) atoms. The van der Waals surface area contributed by atoms with E-state index < -0.39 is 0 Å². The number of aryl methyl sites for hydroxylation is 1. The van der Waals surface area contributed by atoms with Gasteiger partial charge in [-0.2, -0.15) is 4.98 Å². The van der Waals surface area contributed by atoms with Gasteiger partial charge in [-0.25, -0.2) is 4.98 Å². The van der Waals surface area contributed by atoms with Crippen LogP contribution in [-0.2, 0) is 5.41 Å². The van der Waals surface area contributed by atoms with E-state index in [1.807, 2.05) is 52.0 Å². The van der Waals surface area contributed by atoms with Crippen LogP contribution in [0.25, 0.3) is 22.3 Å². The van der Waals surface area contributed by atoms with Crippen LogP contribution in [0.4, 0.5) is 0 Å². The Kier molecular flexibility index (Phi) is 3.21. The van der Waals surface area contributed by atoms with Gasteiger partial charge in [0, 0.05) is 10.8 Å². The fourth-order valence-corrected chi connectivity index (χ4v) is 2.28. The third-order valence-corrected chi connectivity index (χ3v) is 3.52. The zero-order chi connectivity index (χ0) is 15.2. The lowest BCUT2D eigenvalue weighted by Crippen LogP contribution is -2.11. The summed E-state index contributed by atoms with van der Waals surface area (Å²) in [6.45, 7) is 8.09. The molecule has 3 rings (SSSR count). The largest absolute Gasteiger partial charge is 0.338 e. The van der Waals surface area contributed by atoms with E-state index in [-0.39, 0.29) is 5.41 Å². The molecule has 0 saturated heterocycles. The highest BCUT2D eigenvalue weighted by Gasteiger charge is 2.23. The Labute approximate surface area is 128 Å². The van der Waals surface area contributed by atoms with E-state index in [1.165, 1.54) is 0 Å². The predicted octanol–water partition coefficient (Wildman–Crippen LogP) is 4.54. The maximum absolute atomic E-state index is 6.28. The monoisotopic (exact) mass is 301 g/mol. The summed E-state index contributed by atoms with van der Waals surface area (Å²) in [6.07, 6.45) is 0. The van der Waals surface area contributed by atoms with Crippen LogP contribution in [0.15, 0.2) is 28.8 Å². The number of hydrogen-bond donors (Lipinski definition) is 0. The van der Waals surface area contributed by atoms with E-state index in [2.05, 4.69) is 15.1 Å². The summed E-state index contributed by atoms with van der Waals surface area (Å²) in [4.78, 5) is 8.86. The van der Waals surface area contributed by atoms with E-state index in [1.54, 1.807) is 0 Å². The molecule has 4 nitrogen and oxygen atoms in total. The second-order valence-electron chi connectivity index (χ2n) is 6.20. The number of fused-ring (bicyclic) bond motifs is 1. The van der Waals surface area contributed by atoms with Crippen molar-refractivity contribution in [3.05, 3.63) is 40.9 Å². The highest BCUT2D eigenvalue weighted by atomic mass is 35.5. The number of nitrogens with zero attached hydrogens (tertiary/aromatic N) is 3. The SMILES string of the molecule is Cc1ccc2cc(-c3noc(C(C)(C)C)n3)c(Cl)nc2c1. The standard InChI is InChI=1S/C16H16ClN3O/c1-9-5-6-10-8-11(13(17)18-12(10)7-9)14-19-15(21-20-14)16(2,3)4/h5-8H,1-4H3. The molecule has 3 aromatic rings. The first kappa shape index (κ1) is 14.0. The van der Waals surface area contributed by atoms with Gasteiger partial charge in [0.2, 0.25) is 11.7 Å². The molecule has 5 heteroatoms. The molecule has 0 unspecified atom stereocenters. The van der Waals surface area contributed by atoms with Crippen molar-refractivity contribution >= 4 is 22.5 Å². The van der Waals surface area contributed by atoms with Crippen molar-refractivity contribution in [1.82, 2.24) is 15.1 Å². The van der Waals surface area contributed by atoms with Crippen LogP contribution in [0.1, 0.15) is 32.2 Å². The van der Waals surface area contributed by atoms with Gasteiger partial charge in [-0.3, -0.25) is 0 Å². The Morgan fingerprint density at radius 2 is 1.86 bits per heavy atom. The van der Waals surface area contributed by atoms with Crippen molar-refractivity contribution in [2.24, 2.45) is 0 Å². The quantitative estimate of drug-likeness (QED) is 0.619. The summed E-state index contributed by atoms with van der Waals surface area (Å²) in [6, 6.07) is 8.00. The molecule has 2 aromatic heterocycles. The Balaban J connectivity index is 2.14. The second kappa shape index (κ2) is 4.81. The van der Waals surface area contributed by atoms with E-state index >= 15 is 0 Å². The minimum atomic E-state index is -0.195. The molecule has 0 aliphatic carbocycles. The molecule has 1 aromatic carbocycles. The van der Waals surface area contributed by atoms with Gasteiger partial charge in [0.15, 0.2) is 0 Å². The summed E-state index contributed by atoms with van der Waals surface area (Å²) < 4.78 is 5.32. The van der Waals surface area contributed by atoms with Crippen LogP contribution in [0.3, 0.4) is 0 Å². The molecule has 2 heterocycles. The van der Waals surface area contributed by atoms with E-state index in [0.717, 1.165) is 16.5 Å². The van der Waals surface area contributed by atoms with Crippen molar-refractivity contribution in [2.45, 2.75) is 33.1 Å². The topological polar surface area (TPSA) is 51.8 Å². The van der Waals surface area contributed by atoms with Crippen LogP contribution in [-0.4, -0.2) is 15.1 Å². The number of rotatable bonds is 1. The zero-order valence-electron chi connectivity index (χ0n) is 12.4. The lowest BCUT2D eigenvalue weighted by atomic mass is 9.97. The molecule has 0 fully saturated rings. The summed E-state index contributed by atoms with van der Waals surface area (Å²) >= 11 is 6.28. The Hall–Kier alpha value is -1.94. The molecule has 0 saturated carbocycles. The molecule has 0 atom stereocenters. The molecular formula is C16H16ClN3O. The van der Waals surface area contributed by atoms with Crippen molar-refractivity contribution in [3.8, 4) is 11.4 Å². The van der Waals surface area contributed by atoms with Crippen molar-refractivity contribution in [1.29, 1.82) is 0 Å². The van der Waals surface area contributed by atoms with Gasteiger partial charge < -0.3 is 4.52 Å². The minimum absolute atomic E-state index is 0.195. The van der Waals surface area contributed by atoms with E-state index in [9.17, 15) is 0 Å². The van der Waals surface area contributed by atoms with Gasteiger partial charge in [0.1, 0.15) is 5.15 Å². The summed E-state index contributed by atoms with van der Waals surface area (Å²) in [5, 5.41) is 5.41. The zero-order valence-corrected chi connectivity index (χ0v) is 13.2.